The highest BCUT2D eigenvalue weighted by Gasteiger charge is 2.18. The summed E-state index contributed by atoms with van der Waals surface area (Å²) in [5.74, 6) is 1.16. The molecule has 1 aromatic rings. The van der Waals surface area contributed by atoms with E-state index < -0.39 is 0 Å². The summed E-state index contributed by atoms with van der Waals surface area (Å²) >= 11 is 2.03. The lowest BCUT2D eigenvalue weighted by molar-refractivity contribution is 0.200. The molecule has 0 fully saturated rings. The molecule has 2 nitrogen and oxygen atoms in total. The highest BCUT2D eigenvalue weighted by atomic mass is 32.2. The number of nitrogens with one attached hydrogen (secondary N) is 1. The van der Waals surface area contributed by atoms with Gasteiger partial charge >= 0.3 is 0 Å². The molecule has 1 rings (SSSR count). The van der Waals surface area contributed by atoms with Crippen LogP contribution in [0, 0.1) is 0 Å². The van der Waals surface area contributed by atoms with Crippen molar-refractivity contribution in [1.29, 1.82) is 0 Å². The van der Waals surface area contributed by atoms with Crippen LogP contribution in [0.25, 0.3) is 0 Å². The molecule has 0 saturated carbocycles. The maximum absolute atomic E-state index is 5.11. The van der Waals surface area contributed by atoms with Gasteiger partial charge in [-0.25, -0.2) is 0 Å². The molecule has 0 bridgehead atoms. The van der Waals surface area contributed by atoms with E-state index in [-0.39, 0.29) is 0 Å². The molecule has 114 valence electrons. The molecule has 1 N–H and O–H groups in total. The van der Waals surface area contributed by atoms with E-state index in [4.69, 9.17) is 4.74 Å². The molecule has 0 aliphatic rings. The number of rotatable bonds is 10. The van der Waals surface area contributed by atoms with E-state index in [9.17, 15) is 0 Å². The van der Waals surface area contributed by atoms with Crippen molar-refractivity contribution in [1.82, 2.24) is 5.32 Å². The molecule has 0 amide bonds. The molecule has 0 heterocycles. The molecule has 0 radical (unpaired) electrons. The average Bonchev–Trinajstić information content (AvgIpc) is 2.49. The molecule has 1 aromatic carbocycles. The Kier molecular flexibility index (Phi) is 8.99. The van der Waals surface area contributed by atoms with E-state index in [0.717, 1.165) is 31.7 Å². The Balaban J connectivity index is 2.61. The highest BCUT2D eigenvalue weighted by molar-refractivity contribution is 7.99. The van der Waals surface area contributed by atoms with Crippen LogP contribution in [0.1, 0.15) is 44.4 Å². The second kappa shape index (κ2) is 10.3. The summed E-state index contributed by atoms with van der Waals surface area (Å²) in [7, 11) is 1.77. The summed E-state index contributed by atoms with van der Waals surface area (Å²) in [5.41, 5.74) is 2.81. The summed E-state index contributed by atoms with van der Waals surface area (Å²) in [4.78, 5) is 0. The first-order valence-electron chi connectivity index (χ1n) is 7.65. The van der Waals surface area contributed by atoms with Crippen LogP contribution in [-0.2, 0) is 11.2 Å². The Hall–Kier alpha value is -0.510. The molecule has 0 spiro atoms. The number of methoxy groups -OCH3 is 1. The fraction of sp³-hybridized carbons (Fsp3) is 0.647. The molecule has 0 aliphatic heterocycles. The minimum atomic E-state index is 0.429. The Bertz CT molecular complexity index is 353. The summed E-state index contributed by atoms with van der Waals surface area (Å²) in [6, 6.07) is 9.49. The van der Waals surface area contributed by atoms with Crippen molar-refractivity contribution < 1.29 is 4.74 Å². The van der Waals surface area contributed by atoms with Crippen LogP contribution in [-0.4, -0.2) is 31.3 Å². The zero-order valence-corrected chi connectivity index (χ0v) is 14.1. The molecule has 0 aromatic heterocycles. The van der Waals surface area contributed by atoms with Gasteiger partial charge in [-0.1, -0.05) is 45.0 Å². The summed E-state index contributed by atoms with van der Waals surface area (Å²) in [6.07, 6.45) is 2.23. The van der Waals surface area contributed by atoms with E-state index in [2.05, 4.69) is 50.4 Å². The van der Waals surface area contributed by atoms with E-state index in [1.807, 2.05) is 11.8 Å². The second-order valence-electron chi connectivity index (χ2n) is 5.05. The predicted molar refractivity (Wildman–Crippen MR) is 90.7 cm³/mol. The molecular formula is C17H29NOS. The van der Waals surface area contributed by atoms with Gasteiger partial charge in [0.05, 0.1) is 0 Å². The van der Waals surface area contributed by atoms with Crippen molar-refractivity contribution in [2.24, 2.45) is 0 Å². The quantitative estimate of drug-likeness (QED) is 0.658. The van der Waals surface area contributed by atoms with Gasteiger partial charge in [0.25, 0.3) is 0 Å². The van der Waals surface area contributed by atoms with Gasteiger partial charge in [0.1, 0.15) is 0 Å². The van der Waals surface area contributed by atoms with Crippen LogP contribution in [0.3, 0.4) is 0 Å². The Morgan fingerprint density at radius 3 is 2.45 bits per heavy atom. The Labute approximate surface area is 128 Å². The Morgan fingerprint density at radius 1 is 1.20 bits per heavy atom. The van der Waals surface area contributed by atoms with Gasteiger partial charge in [0.15, 0.2) is 0 Å². The summed E-state index contributed by atoms with van der Waals surface area (Å²) < 4.78 is 5.11. The van der Waals surface area contributed by atoms with Crippen molar-refractivity contribution in [2.75, 3.05) is 26.0 Å². The van der Waals surface area contributed by atoms with Gasteiger partial charge < -0.3 is 10.1 Å². The number of hydrogen-bond donors (Lipinski definition) is 1. The van der Waals surface area contributed by atoms with Gasteiger partial charge in [-0.05, 0) is 36.3 Å². The minimum Gasteiger partial charge on any atom is -0.385 e. The van der Waals surface area contributed by atoms with Crippen molar-refractivity contribution in [3.63, 3.8) is 0 Å². The van der Waals surface area contributed by atoms with Crippen LogP contribution in [0.15, 0.2) is 24.3 Å². The SMILES string of the molecule is CCNC(c1ccc(CC)cc1)C(C)SCCCOC. The number of benzene rings is 1. The minimum absolute atomic E-state index is 0.429. The third-order valence-corrected chi connectivity index (χ3v) is 4.84. The number of hydrogen-bond acceptors (Lipinski definition) is 3. The normalized spacial score (nSPS) is 14.2. The zero-order valence-electron chi connectivity index (χ0n) is 13.3. The highest BCUT2D eigenvalue weighted by Crippen LogP contribution is 2.27. The van der Waals surface area contributed by atoms with Crippen LogP contribution in [0.2, 0.25) is 0 Å². The maximum atomic E-state index is 5.11. The van der Waals surface area contributed by atoms with Gasteiger partial charge in [-0.15, -0.1) is 0 Å². The average molecular weight is 295 g/mol. The van der Waals surface area contributed by atoms with Crippen molar-refractivity contribution in [3.8, 4) is 0 Å². The lowest BCUT2D eigenvalue weighted by Gasteiger charge is -2.25. The first-order valence-corrected chi connectivity index (χ1v) is 8.70. The lowest BCUT2D eigenvalue weighted by atomic mass is 10.0. The lowest BCUT2D eigenvalue weighted by Crippen LogP contribution is -2.28. The molecule has 20 heavy (non-hydrogen) atoms. The predicted octanol–water partition coefficient (Wildman–Crippen LogP) is 4.06. The first kappa shape index (κ1) is 17.5. The van der Waals surface area contributed by atoms with Crippen LogP contribution >= 0.6 is 11.8 Å². The smallest absolute Gasteiger partial charge is 0.0470 e. The van der Waals surface area contributed by atoms with Crippen LogP contribution in [0.4, 0.5) is 0 Å². The van der Waals surface area contributed by atoms with E-state index in [0.29, 0.717) is 11.3 Å². The Morgan fingerprint density at radius 2 is 1.90 bits per heavy atom. The first-order chi connectivity index (χ1) is 9.72. The number of aryl methyl sites for hydroxylation is 1. The third-order valence-electron chi connectivity index (χ3n) is 3.51. The molecule has 2 atom stereocenters. The largest absolute Gasteiger partial charge is 0.385 e. The topological polar surface area (TPSA) is 21.3 Å². The number of ether oxygens (including phenoxy) is 1. The van der Waals surface area contributed by atoms with Crippen molar-refractivity contribution in [3.05, 3.63) is 35.4 Å². The van der Waals surface area contributed by atoms with E-state index in [1.54, 1.807) is 7.11 Å². The van der Waals surface area contributed by atoms with Gasteiger partial charge in [0, 0.05) is 25.0 Å². The summed E-state index contributed by atoms with van der Waals surface area (Å²) in [6.45, 7) is 8.55. The number of thioether (sulfide) groups is 1. The molecule has 3 heteroatoms. The zero-order chi connectivity index (χ0) is 14.8. The fourth-order valence-electron chi connectivity index (χ4n) is 2.30. The van der Waals surface area contributed by atoms with E-state index in [1.165, 1.54) is 11.1 Å². The van der Waals surface area contributed by atoms with Crippen LogP contribution in [0.5, 0.6) is 0 Å². The maximum Gasteiger partial charge on any atom is 0.0470 e. The molecular weight excluding hydrogens is 266 g/mol. The van der Waals surface area contributed by atoms with Crippen molar-refractivity contribution in [2.45, 2.75) is 44.9 Å². The second-order valence-corrected chi connectivity index (χ2v) is 6.54. The van der Waals surface area contributed by atoms with Gasteiger partial charge in [-0.3, -0.25) is 0 Å². The molecule has 0 aliphatic carbocycles. The third kappa shape index (κ3) is 5.86. The molecule has 2 unspecified atom stereocenters. The monoisotopic (exact) mass is 295 g/mol. The van der Waals surface area contributed by atoms with E-state index >= 15 is 0 Å². The standard InChI is InChI=1S/C17H29NOS/c1-5-15-8-10-16(11-9-15)17(18-6-2)14(3)20-13-7-12-19-4/h8-11,14,17-18H,5-7,12-13H2,1-4H3. The summed E-state index contributed by atoms with van der Waals surface area (Å²) in [5, 5.41) is 4.19. The van der Waals surface area contributed by atoms with Crippen molar-refractivity contribution >= 4 is 11.8 Å². The fourth-order valence-corrected chi connectivity index (χ4v) is 3.41. The van der Waals surface area contributed by atoms with Gasteiger partial charge in [-0.2, -0.15) is 11.8 Å². The van der Waals surface area contributed by atoms with Crippen LogP contribution < -0.4 is 5.32 Å². The van der Waals surface area contributed by atoms with Gasteiger partial charge in [0.2, 0.25) is 0 Å². The molecule has 0 saturated heterocycles.